The van der Waals surface area contributed by atoms with E-state index in [4.69, 9.17) is 4.55 Å². The number of benzene rings is 1. The lowest BCUT2D eigenvalue weighted by Crippen LogP contribution is -2.23. The topological polar surface area (TPSA) is 167 Å². The van der Waals surface area contributed by atoms with Crippen LogP contribution in [0.1, 0.15) is 10.4 Å². The smallest absolute Gasteiger partial charge is 0.446 e. The molecular weight excluding hydrogens is 244 g/mol. The van der Waals surface area contributed by atoms with Crippen molar-refractivity contribution in [3.63, 3.8) is 0 Å². The van der Waals surface area contributed by atoms with Crippen LogP contribution in [0.2, 0.25) is 0 Å². The van der Waals surface area contributed by atoms with Gasteiger partial charge < -0.3 is 25.0 Å². The summed E-state index contributed by atoms with van der Waals surface area (Å²) >= 11 is 0. The summed E-state index contributed by atoms with van der Waals surface area (Å²) in [5, 5.41) is 10.4. The van der Waals surface area contributed by atoms with E-state index in [0.29, 0.717) is 0 Å². The Morgan fingerprint density at radius 1 is 1.25 bits per heavy atom. The van der Waals surface area contributed by atoms with Crippen molar-refractivity contribution in [1.82, 2.24) is 0 Å². The van der Waals surface area contributed by atoms with Gasteiger partial charge >= 0.3 is 10.4 Å². The van der Waals surface area contributed by atoms with Crippen LogP contribution in [-0.2, 0) is 10.4 Å². The molecule has 0 saturated carbocycles. The average Bonchev–Trinajstić information content (AvgIpc) is 2.01. The van der Waals surface area contributed by atoms with Crippen LogP contribution in [0, 0.1) is 0 Å². The van der Waals surface area contributed by atoms with Gasteiger partial charge in [0, 0.05) is 5.56 Å². The molecule has 5 N–H and O–H groups in total. The fraction of sp³-hybridized carbons (Fsp3) is 0. The summed E-state index contributed by atoms with van der Waals surface area (Å²) in [7, 11) is -4.72. The number of para-hydroxylation sites is 1. The quantitative estimate of drug-likeness (QED) is 0.588. The van der Waals surface area contributed by atoms with Crippen molar-refractivity contribution in [3.05, 3.63) is 29.8 Å². The molecule has 9 heteroatoms. The standard InChI is InChI=1S/C7H6O6S.2H2O/c8-7(9)5-3-1-2-4-6(5)13-14(10,11)12;;/h1-4H,(H,8,9)(H,10,11,12);2*1H2/p-1. The molecule has 0 bridgehead atoms. The van der Waals surface area contributed by atoms with Crippen molar-refractivity contribution >= 4 is 16.4 Å². The third kappa shape index (κ3) is 4.70. The Labute approximate surface area is 90.7 Å². The zero-order valence-corrected chi connectivity index (χ0v) is 8.52. The van der Waals surface area contributed by atoms with Crippen molar-refractivity contribution in [1.29, 1.82) is 0 Å². The molecule has 1 aromatic carbocycles. The molecule has 0 heterocycles. The van der Waals surface area contributed by atoms with E-state index in [1.807, 2.05) is 0 Å². The van der Waals surface area contributed by atoms with Crippen LogP contribution in [0.15, 0.2) is 24.3 Å². The summed E-state index contributed by atoms with van der Waals surface area (Å²) in [6.07, 6.45) is 0. The summed E-state index contributed by atoms with van der Waals surface area (Å²) < 4.78 is 32.9. The molecule has 16 heavy (non-hydrogen) atoms. The van der Waals surface area contributed by atoms with Gasteiger partial charge in [0.25, 0.3) is 0 Å². The zero-order chi connectivity index (χ0) is 10.8. The van der Waals surface area contributed by atoms with E-state index in [1.54, 1.807) is 0 Å². The van der Waals surface area contributed by atoms with Gasteiger partial charge in [-0.15, -0.1) is 0 Å². The Kier molecular flexibility index (Phi) is 6.30. The Hall–Kier alpha value is -1.68. The molecule has 8 nitrogen and oxygen atoms in total. The molecule has 0 aromatic heterocycles. The lowest BCUT2D eigenvalue weighted by atomic mass is 10.2. The van der Waals surface area contributed by atoms with Crippen LogP contribution in [0.3, 0.4) is 0 Å². The molecular formula is C7H9O8S-. The van der Waals surface area contributed by atoms with Gasteiger partial charge in [0.2, 0.25) is 0 Å². The van der Waals surface area contributed by atoms with Crippen molar-refractivity contribution in [2.24, 2.45) is 0 Å². The van der Waals surface area contributed by atoms with E-state index in [-0.39, 0.29) is 11.0 Å². The molecule has 0 fully saturated rings. The van der Waals surface area contributed by atoms with Gasteiger partial charge in [0.05, 0.1) is 5.97 Å². The fourth-order valence-corrected chi connectivity index (χ4v) is 1.19. The number of carbonyl (C=O) groups excluding carboxylic acids is 1. The number of carboxylic acid groups (broad SMARTS) is 1. The van der Waals surface area contributed by atoms with Crippen molar-refractivity contribution in [2.75, 3.05) is 0 Å². The normalized spacial score (nSPS) is 9.56. The predicted octanol–water partition coefficient (Wildman–Crippen LogP) is -2.42. The zero-order valence-electron chi connectivity index (χ0n) is 7.71. The molecule has 0 aliphatic carbocycles. The van der Waals surface area contributed by atoms with Gasteiger partial charge in [0.15, 0.2) is 5.75 Å². The highest BCUT2D eigenvalue weighted by atomic mass is 32.3. The summed E-state index contributed by atoms with van der Waals surface area (Å²) in [4.78, 5) is 10.4. The maximum absolute atomic E-state index is 10.4. The van der Waals surface area contributed by atoms with E-state index < -0.39 is 27.7 Å². The first-order valence-corrected chi connectivity index (χ1v) is 4.74. The van der Waals surface area contributed by atoms with E-state index in [0.717, 1.165) is 12.1 Å². The van der Waals surface area contributed by atoms with Gasteiger partial charge in [-0.05, 0) is 12.1 Å². The van der Waals surface area contributed by atoms with Crippen LogP contribution in [0.25, 0.3) is 0 Å². The molecule has 1 rings (SSSR count). The lowest BCUT2D eigenvalue weighted by Gasteiger charge is -2.08. The van der Waals surface area contributed by atoms with Gasteiger partial charge in [0.1, 0.15) is 0 Å². The van der Waals surface area contributed by atoms with E-state index in [9.17, 15) is 18.3 Å². The average molecular weight is 253 g/mol. The Morgan fingerprint density at radius 2 is 1.75 bits per heavy atom. The number of rotatable bonds is 3. The highest BCUT2D eigenvalue weighted by molar-refractivity contribution is 7.81. The number of hydrogen-bond acceptors (Lipinski definition) is 5. The second kappa shape index (κ2) is 6.02. The maximum atomic E-state index is 10.4. The second-order valence-electron chi connectivity index (χ2n) is 2.29. The summed E-state index contributed by atoms with van der Waals surface area (Å²) in [6.45, 7) is 0. The van der Waals surface area contributed by atoms with E-state index in [1.165, 1.54) is 12.1 Å². The Balaban J connectivity index is 0. The van der Waals surface area contributed by atoms with Crippen molar-refractivity contribution in [3.8, 4) is 5.75 Å². The molecule has 0 atom stereocenters. The molecule has 0 aliphatic rings. The molecule has 92 valence electrons. The predicted molar refractivity (Wildman–Crippen MR) is 50.2 cm³/mol. The van der Waals surface area contributed by atoms with Crippen LogP contribution >= 0.6 is 0 Å². The first-order valence-electron chi connectivity index (χ1n) is 3.37. The Morgan fingerprint density at radius 3 is 2.19 bits per heavy atom. The highest BCUT2D eigenvalue weighted by Gasteiger charge is 2.11. The van der Waals surface area contributed by atoms with Crippen molar-refractivity contribution < 1.29 is 38.0 Å². The molecule has 0 unspecified atom stereocenters. The Bertz CT molecular complexity index is 451. The lowest BCUT2D eigenvalue weighted by molar-refractivity contribution is -0.255. The van der Waals surface area contributed by atoms with E-state index >= 15 is 0 Å². The van der Waals surface area contributed by atoms with Crippen LogP contribution in [0.5, 0.6) is 5.75 Å². The summed E-state index contributed by atoms with van der Waals surface area (Å²) in [5.74, 6) is -2.08. The van der Waals surface area contributed by atoms with Gasteiger partial charge in [-0.3, -0.25) is 4.55 Å². The fourth-order valence-electron chi connectivity index (χ4n) is 0.821. The molecule has 0 aliphatic heterocycles. The first kappa shape index (κ1) is 16.7. The number of carbonyl (C=O) groups is 1. The molecule has 0 amide bonds. The minimum Gasteiger partial charge on any atom is -0.545 e. The molecule has 0 spiro atoms. The number of hydrogen-bond donors (Lipinski definition) is 1. The molecule has 0 radical (unpaired) electrons. The largest absolute Gasteiger partial charge is 0.545 e. The SMILES string of the molecule is O.O.O=C([O-])c1ccccc1OS(=O)(=O)O. The highest BCUT2D eigenvalue weighted by Crippen LogP contribution is 2.18. The van der Waals surface area contributed by atoms with Gasteiger partial charge in [-0.2, -0.15) is 8.42 Å². The third-order valence-electron chi connectivity index (χ3n) is 1.30. The van der Waals surface area contributed by atoms with Gasteiger partial charge in [-0.25, -0.2) is 0 Å². The van der Waals surface area contributed by atoms with Crippen LogP contribution in [0.4, 0.5) is 0 Å². The summed E-state index contributed by atoms with van der Waals surface area (Å²) in [6, 6.07) is 4.89. The molecule has 0 saturated heterocycles. The maximum Gasteiger partial charge on any atom is 0.446 e. The van der Waals surface area contributed by atoms with Crippen LogP contribution in [-0.4, -0.2) is 29.9 Å². The van der Waals surface area contributed by atoms with E-state index in [2.05, 4.69) is 4.18 Å². The minimum atomic E-state index is -4.72. The van der Waals surface area contributed by atoms with Crippen molar-refractivity contribution in [2.45, 2.75) is 0 Å². The third-order valence-corrected chi connectivity index (χ3v) is 1.69. The number of aromatic carboxylic acids is 1. The number of carboxylic acids is 1. The van der Waals surface area contributed by atoms with Gasteiger partial charge in [-0.1, -0.05) is 12.1 Å². The first-order chi connectivity index (χ1) is 6.40. The second-order valence-corrected chi connectivity index (χ2v) is 3.32. The summed E-state index contributed by atoms with van der Waals surface area (Å²) in [5.41, 5.74) is -0.454. The monoisotopic (exact) mass is 253 g/mol. The minimum absolute atomic E-state index is 0. The molecule has 1 aromatic rings. The van der Waals surface area contributed by atoms with Crippen LogP contribution < -0.4 is 9.29 Å².